The Morgan fingerprint density at radius 2 is 1.82 bits per heavy atom. The maximum absolute atomic E-state index is 12.6. The third-order valence-electron chi connectivity index (χ3n) is 4.54. The molecule has 0 aliphatic carbocycles. The topological polar surface area (TPSA) is 170 Å². The lowest BCUT2D eigenvalue weighted by atomic mass is 10.0. The zero-order chi connectivity index (χ0) is 20.8. The van der Waals surface area contributed by atoms with Crippen LogP contribution in [0.1, 0.15) is 24.8 Å². The summed E-state index contributed by atoms with van der Waals surface area (Å²) in [5, 5.41) is 29.9. The molecule has 10 heteroatoms. The van der Waals surface area contributed by atoms with Crippen LogP contribution in [0.4, 0.5) is 0 Å². The molecule has 28 heavy (non-hydrogen) atoms. The van der Waals surface area contributed by atoms with Gasteiger partial charge in [0.05, 0.1) is 12.5 Å². The van der Waals surface area contributed by atoms with Crippen LogP contribution in [0, 0.1) is 0 Å². The number of carbonyl (C=O) groups is 4. The van der Waals surface area contributed by atoms with Crippen molar-refractivity contribution in [3.63, 3.8) is 0 Å². The number of likely N-dealkylation sites (tertiary alicyclic amines) is 1. The van der Waals surface area contributed by atoms with E-state index in [1.807, 2.05) is 0 Å². The van der Waals surface area contributed by atoms with Crippen molar-refractivity contribution in [3.8, 4) is 5.75 Å². The van der Waals surface area contributed by atoms with Gasteiger partial charge in [-0.25, -0.2) is 4.79 Å². The van der Waals surface area contributed by atoms with Crippen LogP contribution in [0.25, 0.3) is 0 Å². The number of rotatable bonds is 8. The number of aromatic hydroxyl groups is 1. The highest BCUT2D eigenvalue weighted by Crippen LogP contribution is 2.19. The Bertz CT molecular complexity index is 750. The van der Waals surface area contributed by atoms with E-state index in [1.54, 1.807) is 12.1 Å². The van der Waals surface area contributed by atoms with E-state index in [1.165, 1.54) is 17.0 Å². The van der Waals surface area contributed by atoms with Gasteiger partial charge in [-0.2, -0.15) is 0 Å². The van der Waals surface area contributed by atoms with E-state index in [0.717, 1.165) is 0 Å². The van der Waals surface area contributed by atoms with Gasteiger partial charge < -0.3 is 31.3 Å². The van der Waals surface area contributed by atoms with Crippen molar-refractivity contribution >= 4 is 23.8 Å². The summed E-state index contributed by atoms with van der Waals surface area (Å²) in [5.74, 6) is -3.69. The fourth-order valence-corrected chi connectivity index (χ4v) is 3.13. The molecule has 1 aromatic carbocycles. The molecule has 0 bridgehead atoms. The van der Waals surface area contributed by atoms with Crippen molar-refractivity contribution in [3.05, 3.63) is 29.8 Å². The lowest BCUT2D eigenvalue weighted by Crippen LogP contribution is -2.54. The third kappa shape index (κ3) is 5.43. The van der Waals surface area contributed by atoms with Gasteiger partial charge in [0.15, 0.2) is 0 Å². The first kappa shape index (κ1) is 21.2. The van der Waals surface area contributed by atoms with Crippen LogP contribution >= 0.6 is 0 Å². The van der Waals surface area contributed by atoms with Gasteiger partial charge in [-0.1, -0.05) is 12.1 Å². The first-order chi connectivity index (χ1) is 13.2. The number of hydrogen-bond donors (Lipinski definition) is 5. The smallest absolute Gasteiger partial charge is 0.326 e. The highest BCUT2D eigenvalue weighted by Gasteiger charge is 2.37. The van der Waals surface area contributed by atoms with Crippen LogP contribution in [-0.4, -0.2) is 68.6 Å². The van der Waals surface area contributed by atoms with Crippen molar-refractivity contribution in [1.29, 1.82) is 0 Å². The zero-order valence-corrected chi connectivity index (χ0v) is 15.1. The van der Waals surface area contributed by atoms with Crippen LogP contribution in [0.2, 0.25) is 0 Å². The van der Waals surface area contributed by atoms with E-state index in [0.29, 0.717) is 18.4 Å². The van der Waals surface area contributed by atoms with E-state index >= 15 is 0 Å². The maximum Gasteiger partial charge on any atom is 0.326 e. The van der Waals surface area contributed by atoms with Gasteiger partial charge in [0.1, 0.15) is 17.8 Å². The molecule has 1 fully saturated rings. The Morgan fingerprint density at radius 1 is 1.18 bits per heavy atom. The fraction of sp³-hybridized carbons (Fsp3) is 0.444. The predicted molar refractivity (Wildman–Crippen MR) is 96.3 cm³/mol. The lowest BCUT2D eigenvalue weighted by Gasteiger charge is -2.27. The highest BCUT2D eigenvalue weighted by atomic mass is 16.4. The number of phenolic OH excluding ortho intramolecular Hbond substituents is 1. The number of nitrogens with zero attached hydrogens (tertiary/aromatic N) is 1. The minimum absolute atomic E-state index is 0.000544. The Labute approximate surface area is 160 Å². The van der Waals surface area contributed by atoms with Gasteiger partial charge >= 0.3 is 11.9 Å². The summed E-state index contributed by atoms with van der Waals surface area (Å²) in [6.07, 6.45) is 0.311. The summed E-state index contributed by atoms with van der Waals surface area (Å²) >= 11 is 0. The van der Waals surface area contributed by atoms with E-state index in [2.05, 4.69) is 5.32 Å². The number of carbonyl (C=O) groups excluding carboxylic acids is 2. The van der Waals surface area contributed by atoms with Gasteiger partial charge in [-0.05, 0) is 30.5 Å². The SMILES string of the molecule is NC(CC(=O)O)C(=O)N1CCC[C@H]1C(=O)NC(Cc1ccc(O)cc1)C(=O)O. The number of benzene rings is 1. The molecule has 1 aromatic rings. The van der Waals surface area contributed by atoms with Crippen molar-refractivity contribution in [2.75, 3.05) is 6.54 Å². The number of hydrogen-bond acceptors (Lipinski definition) is 6. The summed E-state index contributed by atoms with van der Waals surface area (Å²) in [6.45, 7) is 0.250. The maximum atomic E-state index is 12.6. The summed E-state index contributed by atoms with van der Waals surface area (Å²) < 4.78 is 0. The Hall–Kier alpha value is -3.14. The van der Waals surface area contributed by atoms with Gasteiger partial charge in [-0.3, -0.25) is 14.4 Å². The first-order valence-electron chi connectivity index (χ1n) is 8.78. The molecule has 1 aliphatic rings. The van der Waals surface area contributed by atoms with Crippen LogP contribution in [0.5, 0.6) is 5.75 Å². The monoisotopic (exact) mass is 393 g/mol. The molecular weight excluding hydrogens is 370 g/mol. The summed E-state index contributed by atoms with van der Waals surface area (Å²) in [5.41, 5.74) is 6.21. The van der Waals surface area contributed by atoms with Crippen molar-refractivity contribution < 1.29 is 34.5 Å². The molecule has 1 heterocycles. The molecule has 2 unspecified atom stereocenters. The van der Waals surface area contributed by atoms with Gasteiger partial charge in [0.25, 0.3) is 0 Å². The average molecular weight is 393 g/mol. The molecule has 1 saturated heterocycles. The molecule has 3 atom stereocenters. The van der Waals surface area contributed by atoms with Gasteiger partial charge in [0, 0.05) is 13.0 Å². The van der Waals surface area contributed by atoms with Crippen LogP contribution < -0.4 is 11.1 Å². The van der Waals surface area contributed by atoms with Gasteiger partial charge in [-0.15, -0.1) is 0 Å². The standard InChI is InChI=1S/C18H23N3O7/c19-12(9-15(23)24)17(26)21-7-1-2-14(21)16(25)20-13(18(27)28)8-10-3-5-11(22)6-4-10/h3-6,12-14,22H,1-2,7-9,19H2,(H,20,25)(H,23,24)(H,27,28)/t12?,13?,14-/m0/s1. The van der Waals surface area contributed by atoms with E-state index in [9.17, 15) is 29.4 Å². The fourth-order valence-electron chi connectivity index (χ4n) is 3.13. The zero-order valence-electron chi connectivity index (χ0n) is 15.1. The second kappa shape index (κ2) is 9.18. The van der Waals surface area contributed by atoms with Crippen LogP contribution in [0.15, 0.2) is 24.3 Å². The Balaban J connectivity index is 2.05. The molecule has 2 rings (SSSR count). The minimum atomic E-state index is -1.27. The number of carboxylic acids is 2. The normalized spacial score (nSPS) is 18.3. The van der Waals surface area contributed by atoms with E-state index < -0.39 is 48.3 Å². The number of carboxylic acid groups (broad SMARTS) is 2. The molecule has 0 spiro atoms. The number of nitrogens with two attached hydrogens (primary N) is 1. The van der Waals surface area contributed by atoms with E-state index in [-0.39, 0.29) is 18.7 Å². The number of phenols is 1. The molecule has 1 aliphatic heterocycles. The third-order valence-corrected chi connectivity index (χ3v) is 4.54. The summed E-state index contributed by atoms with van der Waals surface area (Å²) in [7, 11) is 0. The van der Waals surface area contributed by atoms with Crippen molar-refractivity contribution in [1.82, 2.24) is 10.2 Å². The predicted octanol–water partition coefficient (Wildman–Crippen LogP) is -0.703. The van der Waals surface area contributed by atoms with E-state index in [4.69, 9.17) is 10.8 Å². The molecule has 0 saturated carbocycles. The second-order valence-corrected chi connectivity index (χ2v) is 6.66. The number of amides is 2. The van der Waals surface area contributed by atoms with Crippen LogP contribution in [-0.2, 0) is 25.6 Å². The van der Waals surface area contributed by atoms with Crippen molar-refractivity contribution in [2.24, 2.45) is 5.73 Å². The molecular formula is C18H23N3O7. The lowest BCUT2D eigenvalue weighted by molar-refractivity contribution is -0.145. The number of aliphatic carboxylic acids is 2. The largest absolute Gasteiger partial charge is 0.508 e. The number of nitrogens with one attached hydrogen (secondary N) is 1. The van der Waals surface area contributed by atoms with Crippen LogP contribution in [0.3, 0.4) is 0 Å². The second-order valence-electron chi connectivity index (χ2n) is 6.66. The van der Waals surface area contributed by atoms with Crippen molar-refractivity contribution in [2.45, 2.75) is 43.8 Å². The Kier molecular flexibility index (Phi) is 6.94. The minimum Gasteiger partial charge on any atom is -0.508 e. The average Bonchev–Trinajstić information content (AvgIpc) is 3.11. The molecule has 2 amide bonds. The molecule has 10 nitrogen and oxygen atoms in total. The molecule has 0 radical (unpaired) electrons. The highest BCUT2D eigenvalue weighted by molar-refractivity contribution is 5.93. The molecule has 0 aromatic heterocycles. The Morgan fingerprint density at radius 3 is 2.39 bits per heavy atom. The first-order valence-corrected chi connectivity index (χ1v) is 8.78. The molecule has 152 valence electrons. The summed E-state index contributed by atoms with van der Waals surface area (Å²) in [6, 6.07) is 2.55. The van der Waals surface area contributed by atoms with Gasteiger partial charge in [0.2, 0.25) is 11.8 Å². The summed E-state index contributed by atoms with van der Waals surface area (Å²) in [4.78, 5) is 48.5. The molecule has 6 N–H and O–H groups in total. The quantitative estimate of drug-likeness (QED) is 0.386.